The van der Waals surface area contributed by atoms with E-state index in [2.05, 4.69) is 47.6 Å². The molecule has 4 rings (SSSR count). The van der Waals surface area contributed by atoms with Crippen LogP contribution in [-0.4, -0.2) is 41.3 Å². The first-order valence-corrected chi connectivity index (χ1v) is 19.1. The van der Waals surface area contributed by atoms with Crippen molar-refractivity contribution in [1.82, 2.24) is 4.90 Å². The smallest absolute Gasteiger partial charge is 0.410 e. The molecule has 0 heterocycles. The molecule has 0 radical (unpaired) electrons. The van der Waals surface area contributed by atoms with Crippen LogP contribution in [-0.2, 0) is 4.74 Å². The molecule has 1 amide bonds. The number of nitrogens with zero attached hydrogens (tertiary/aromatic N) is 1. The lowest BCUT2D eigenvalue weighted by Gasteiger charge is -2.58. The summed E-state index contributed by atoms with van der Waals surface area (Å²) in [6, 6.07) is 0. The van der Waals surface area contributed by atoms with E-state index >= 15 is 0 Å². The number of hydrogen-bond donors (Lipinski definition) is 2. The summed E-state index contributed by atoms with van der Waals surface area (Å²) in [5.74, 6) is 5.88. The number of ether oxygens (including phenoxy) is 1. The van der Waals surface area contributed by atoms with Crippen LogP contribution in [0.5, 0.6) is 0 Å². The molecule has 47 heavy (non-hydrogen) atoms. The zero-order valence-corrected chi connectivity index (χ0v) is 33.7. The predicted octanol–water partition coefficient (Wildman–Crippen LogP) is 10.6. The van der Waals surface area contributed by atoms with Crippen LogP contribution in [0.15, 0.2) is 11.6 Å². The number of halogens is 2. The summed E-state index contributed by atoms with van der Waals surface area (Å²) < 4.78 is 6.27. The minimum Gasteiger partial charge on any atom is -0.446 e. The zero-order valence-electron chi connectivity index (χ0n) is 32.0. The van der Waals surface area contributed by atoms with Gasteiger partial charge in [-0.2, -0.15) is 0 Å². The Labute approximate surface area is 302 Å². The Morgan fingerprint density at radius 2 is 1.55 bits per heavy atom. The molecule has 0 spiro atoms. The molecule has 5 nitrogen and oxygen atoms in total. The Morgan fingerprint density at radius 1 is 0.936 bits per heavy atom. The molecule has 0 aliphatic heterocycles. The van der Waals surface area contributed by atoms with Crippen LogP contribution in [0.2, 0.25) is 0 Å². The number of carbonyl (C=O) groups excluding carboxylic acids is 1. The topological polar surface area (TPSA) is 81.6 Å². The van der Waals surface area contributed by atoms with Gasteiger partial charge >= 0.3 is 6.09 Å². The van der Waals surface area contributed by atoms with Gasteiger partial charge in [-0.1, -0.05) is 66.0 Å². The van der Waals surface area contributed by atoms with Gasteiger partial charge < -0.3 is 21.1 Å². The Morgan fingerprint density at radius 3 is 2.11 bits per heavy atom. The summed E-state index contributed by atoms with van der Waals surface area (Å²) in [7, 11) is 0. The Bertz CT molecular complexity index is 1020. The third-order valence-electron chi connectivity index (χ3n) is 13.9. The van der Waals surface area contributed by atoms with Crippen LogP contribution in [0.25, 0.3) is 0 Å². The van der Waals surface area contributed by atoms with Gasteiger partial charge in [-0.25, -0.2) is 4.79 Å². The van der Waals surface area contributed by atoms with Gasteiger partial charge in [-0.15, -0.1) is 24.8 Å². The molecule has 276 valence electrons. The number of nitrogens with two attached hydrogens (primary N) is 2. The van der Waals surface area contributed by atoms with E-state index < -0.39 is 0 Å². The summed E-state index contributed by atoms with van der Waals surface area (Å²) in [4.78, 5) is 15.3. The second kappa shape index (κ2) is 16.7. The van der Waals surface area contributed by atoms with Crippen LogP contribution in [0.3, 0.4) is 0 Å². The van der Waals surface area contributed by atoms with Crippen molar-refractivity contribution in [2.45, 2.75) is 170 Å². The number of fused-ring (bicyclic) bond motifs is 5. The molecule has 3 saturated carbocycles. The van der Waals surface area contributed by atoms with Crippen molar-refractivity contribution in [2.24, 2.45) is 63.7 Å². The quantitative estimate of drug-likeness (QED) is 0.187. The highest BCUT2D eigenvalue weighted by atomic mass is 35.5. The monoisotopic (exact) mass is 700 g/mol. The molecule has 4 aliphatic carbocycles. The van der Waals surface area contributed by atoms with Crippen molar-refractivity contribution in [3.63, 3.8) is 0 Å². The molecule has 2 unspecified atom stereocenters. The van der Waals surface area contributed by atoms with Crippen LogP contribution in [0.4, 0.5) is 4.79 Å². The summed E-state index contributed by atoms with van der Waals surface area (Å²) in [5, 5.41) is 0. The fraction of sp³-hybridized carbons (Fsp3) is 0.925. The largest absolute Gasteiger partial charge is 0.446 e. The van der Waals surface area contributed by atoms with E-state index in [9.17, 15) is 4.79 Å². The molecular weight excluding hydrogens is 625 g/mol. The first-order chi connectivity index (χ1) is 20.9. The van der Waals surface area contributed by atoms with Gasteiger partial charge in [0.25, 0.3) is 0 Å². The Hall–Kier alpha value is -0.490. The Kier molecular flexibility index (Phi) is 15.2. The summed E-state index contributed by atoms with van der Waals surface area (Å²) >= 11 is 0. The van der Waals surface area contributed by atoms with Gasteiger partial charge in [0.1, 0.15) is 6.10 Å². The van der Waals surface area contributed by atoms with E-state index in [-0.39, 0.29) is 53.5 Å². The molecule has 0 aromatic rings. The lowest BCUT2D eigenvalue weighted by Crippen LogP contribution is -2.51. The molecule has 0 aromatic heterocycles. The normalized spacial score (nSPS) is 33.3. The number of rotatable bonds is 13. The minimum atomic E-state index is -0.327. The predicted molar refractivity (Wildman–Crippen MR) is 204 cm³/mol. The number of allylic oxidation sites excluding steroid dienone is 1. The molecule has 3 fully saturated rings. The maximum Gasteiger partial charge on any atom is 0.410 e. The van der Waals surface area contributed by atoms with Gasteiger partial charge in [0, 0.05) is 30.6 Å². The highest BCUT2D eigenvalue weighted by Crippen LogP contribution is 2.67. The van der Waals surface area contributed by atoms with Crippen molar-refractivity contribution in [3.05, 3.63) is 11.6 Å². The van der Waals surface area contributed by atoms with E-state index in [1.807, 2.05) is 32.6 Å². The van der Waals surface area contributed by atoms with E-state index in [1.54, 1.807) is 5.57 Å². The third kappa shape index (κ3) is 10.1. The number of carbonyl (C=O) groups is 1. The number of hydrogen-bond acceptors (Lipinski definition) is 4. The molecule has 9 atom stereocenters. The average Bonchev–Trinajstić information content (AvgIpc) is 3.29. The zero-order chi connectivity index (χ0) is 33.4. The first kappa shape index (κ1) is 42.7. The molecule has 4 aliphatic rings. The van der Waals surface area contributed by atoms with Gasteiger partial charge in [-0.3, -0.25) is 0 Å². The summed E-state index contributed by atoms with van der Waals surface area (Å²) in [5.41, 5.74) is 14.3. The maximum absolute atomic E-state index is 13.5. The van der Waals surface area contributed by atoms with Gasteiger partial charge in [0.15, 0.2) is 0 Å². The summed E-state index contributed by atoms with van der Waals surface area (Å²) in [6.07, 6.45) is 17.9. The van der Waals surface area contributed by atoms with Crippen molar-refractivity contribution >= 4 is 30.9 Å². The molecule has 7 heteroatoms. The second-order valence-corrected chi connectivity index (χ2v) is 18.7. The molecular formula is C40H75Cl2N3O2. The van der Waals surface area contributed by atoms with Gasteiger partial charge in [-0.05, 0) is 144 Å². The van der Waals surface area contributed by atoms with Crippen molar-refractivity contribution in [3.8, 4) is 0 Å². The van der Waals surface area contributed by atoms with E-state index in [1.165, 1.54) is 51.4 Å². The first-order valence-electron chi connectivity index (χ1n) is 19.1. The van der Waals surface area contributed by atoms with Crippen molar-refractivity contribution in [2.75, 3.05) is 13.1 Å². The van der Waals surface area contributed by atoms with Gasteiger partial charge in [0.05, 0.1) is 0 Å². The molecule has 0 aromatic carbocycles. The lowest BCUT2D eigenvalue weighted by atomic mass is 9.47. The highest BCUT2D eigenvalue weighted by Gasteiger charge is 2.59. The van der Waals surface area contributed by atoms with Crippen LogP contribution in [0.1, 0.15) is 153 Å². The summed E-state index contributed by atoms with van der Waals surface area (Å²) in [6.45, 7) is 24.4. The van der Waals surface area contributed by atoms with E-state index in [0.29, 0.717) is 18.5 Å². The second-order valence-electron chi connectivity index (χ2n) is 18.7. The van der Waals surface area contributed by atoms with Crippen LogP contribution >= 0.6 is 24.8 Å². The molecule has 0 bridgehead atoms. The lowest BCUT2D eigenvalue weighted by molar-refractivity contribution is -0.0596. The SMILES string of the molecule is CCC(CCC(C)[C@H]1CC[C@H]2[C@@H]3CC=C4C[C@@H](OC(=O)N(CCC(C)(C)N)CCC(C)(C)N)CC[C@]4(C)[C@H]3CC[C@]12C)C(C)C.Cl.Cl. The van der Waals surface area contributed by atoms with E-state index in [4.69, 9.17) is 16.2 Å². The van der Waals surface area contributed by atoms with Crippen LogP contribution in [0, 0.1) is 52.3 Å². The highest BCUT2D eigenvalue weighted by molar-refractivity contribution is 5.85. The maximum atomic E-state index is 13.5. The fourth-order valence-electron chi connectivity index (χ4n) is 10.7. The van der Waals surface area contributed by atoms with Crippen molar-refractivity contribution < 1.29 is 9.53 Å². The van der Waals surface area contributed by atoms with E-state index in [0.717, 1.165) is 73.5 Å². The minimum absolute atomic E-state index is 0. The Balaban J connectivity index is 0.00000384. The van der Waals surface area contributed by atoms with Gasteiger partial charge in [0.2, 0.25) is 0 Å². The third-order valence-corrected chi connectivity index (χ3v) is 13.9. The number of amides is 1. The molecule has 4 N–H and O–H groups in total. The average molecular weight is 701 g/mol. The van der Waals surface area contributed by atoms with Crippen LogP contribution < -0.4 is 11.5 Å². The molecule has 0 saturated heterocycles. The van der Waals surface area contributed by atoms with Crippen molar-refractivity contribution in [1.29, 1.82) is 0 Å². The standard InChI is InChI=1S/C40H73N3O2.2ClH/c1-11-29(27(2)3)13-12-28(4)33-16-17-34-32-15-14-30-26-31(18-20-39(30,9)35(32)19-21-40(33,34)10)45-36(44)43(24-22-37(5,6)41)25-23-38(7,8)42;;/h14,27-29,31-35H,11-13,15-26,41-42H2,1-10H3;2*1H/t28?,29?,31-,32-,33+,34-,35-,39-,40+;;/m0../s1. The fourth-order valence-corrected chi connectivity index (χ4v) is 10.7.